The van der Waals surface area contributed by atoms with E-state index in [1.54, 1.807) is 0 Å². The second-order valence-electron chi connectivity index (χ2n) is 6.73. The summed E-state index contributed by atoms with van der Waals surface area (Å²) in [6.45, 7) is 5.65. The molecular formula is C17H25N3O3. The highest BCUT2D eigenvalue weighted by atomic mass is 16.2. The van der Waals surface area contributed by atoms with Gasteiger partial charge in [-0.05, 0) is 11.0 Å². The van der Waals surface area contributed by atoms with Crippen molar-refractivity contribution in [2.75, 3.05) is 6.54 Å². The molecule has 126 valence electrons. The molecule has 4 N–H and O–H groups in total. The van der Waals surface area contributed by atoms with Crippen LogP contribution in [0.25, 0.3) is 0 Å². The maximum Gasteiger partial charge on any atom is 0.240 e. The zero-order valence-corrected chi connectivity index (χ0v) is 13.9. The smallest absolute Gasteiger partial charge is 0.240 e. The first-order valence-electron chi connectivity index (χ1n) is 7.57. The number of benzene rings is 1. The Kier molecular flexibility index (Phi) is 6.75. The van der Waals surface area contributed by atoms with E-state index in [-0.39, 0.29) is 17.9 Å². The van der Waals surface area contributed by atoms with Gasteiger partial charge in [0.2, 0.25) is 17.7 Å². The van der Waals surface area contributed by atoms with Crippen LogP contribution in [0.5, 0.6) is 0 Å². The predicted molar refractivity (Wildman–Crippen MR) is 88.4 cm³/mol. The molecule has 23 heavy (non-hydrogen) atoms. The van der Waals surface area contributed by atoms with Crippen LogP contribution in [0.2, 0.25) is 0 Å². The highest BCUT2D eigenvalue weighted by molar-refractivity contribution is 5.89. The molecule has 0 fully saturated rings. The summed E-state index contributed by atoms with van der Waals surface area (Å²) in [6.07, 6.45) is 0.640. The van der Waals surface area contributed by atoms with Crippen LogP contribution in [-0.4, -0.2) is 30.3 Å². The molecule has 0 bridgehead atoms. The number of primary amides is 1. The highest BCUT2D eigenvalue weighted by Crippen LogP contribution is 2.17. The van der Waals surface area contributed by atoms with E-state index in [4.69, 9.17) is 5.73 Å². The van der Waals surface area contributed by atoms with Crippen molar-refractivity contribution in [2.45, 2.75) is 39.7 Å². The van der Waals surface area contributed by atoms with Crippen LogP contribution in [-0.2, 0) is 20.8 Å². The van der Waals surface area contributed by atoms with Crippen LogP contribution in [0, 0.1) is 5.41 Å². The fourth-order valence-electron chi connectivity index (χ4n) is 2.04. The third kappa shape index (κ3) is 7.99. The van der Waals surface area contributed by atoms with Crippen LogP contribution in [0.15, 0.2) is 30.3 Å². The lowest BCUT2D eigenvalue weighted by molar-refractivity contribution is -0.129. The maximum atomic E-state index is 11.9. The Labute approximate surface area is 136 Å². The number of carbonyl (C=O) groups excluding carboxylic acids is 3. The van der Waals surface area contributed by atoms with Gasteiger partial charge in [0.1, 0.15) is 6.04 Å². The van der Waals surface area contributed by atoms with Gasteiger partial charge in [-0.3, -0.25) is 14.4 Å². The van der Waals surface area contributed by atoms with Gasteiger partial charge < -0.3 is 16.4 Å². The molecule has 0 saturated heterocycles. The normalized spacial score (nSPS) is 12.3. The van der Waals surface area contributed by atoms with Gasteiger partial charge in [0.05, 0.1) is 6.54 Å². The Morgan fingerprint density at radius 1 is 1.09 bits per heavy atom. The van der Waals surface area contributed by atoms with Crippen LogP contribution in [0.4, 0.5) is 0 Å². The summed E-state index contributed by atoms with van der Waals surface area (Å²) in [7, 11) is 0. The largest absolute Gasteiger partial charge is 0.368 e. The SMILES string of the molecule is CC(C)(C)CC(=O)NCC(=O)N[C@@H](Cc1ccccc1)C(N)=O. The number of carbonyl (C=O) groups is 3. The second-order valence-corrected chi connectivity index (χ2v) is 6.73. The standard InChI is InChI=1S/C17H25N3O3/c1-17(2,3)10-14(21)19-11-15(22)20-13(16(18)23)9-12-7-5-4-6-8-12/h4-8,13H,9-11H2,1-3H3,(H2,18,23)(H,19,21)(H,20,22)/t13-/m0/s1. The summed E-state index contributed by atoms with van der Waals surface area (Å²) in [4.78, 5) is 35.1. The molecule has 0 radical (unpaired) electrons. The average molecular weight is 319 g/mol. The van der Waals surface area contributed by atoms with Crippen molar-refractivity contribution in [3.8, 4) is 0 Å². The minimum Gasteiger partial charge on any atom is -0.368 e. The second kappa shape index (κ2) is 8.31. The van der Waals surface area contributed by atoms with Crippen molar-refractivity contribution >= 4 is 17.7 Å². The summed E-state index contributed by atoms with van der Waals surface area (Å²) >= 11 is 0. The van der Waals surface area contributed by atoms with Gasteiger partial charge in [-0.25, -0.2) is 0 Å². The van der Waals surface area contributed by atoms with Gasteiger partial charge in [-0.15, -0.1) is 0 Å². The molecule has 1 aromatic rings. The Bertz CT molecular complexity index is 550. The first kappa shape index (κ1) is 18.7. The molecule has 0 aliphatic rings. The van der Waals surface area contributed by atoms with Crippen molar-refractivity contribution in [2.24, 2.45) is 11.1 Å². The van der Waals surface area contributed by atoms with E-state index in [1.165, 1.54) is 0 Å². The minimum atomic E-state index is -0.801. The van der Waals surface area contributed by atoms with Crippen LogP contribution in [0.1, 0.15) is 32.8 Å². The van der Waals surface area contributed by atoms with Gasteiger partial charge in [-0.1, -0.05) is 51.1 Å². The molecule has 0 aliphatic heterocycles. The summed E-state index contributed by atoms with van der Waals surface area (Å²) in [5.41, 5.74) is 6.08. The summed E-state index contributed by atoms with van der Waals surface area (Å²) in [5.74, 6) is -1.25. The van der Waals surface area contributed by atoms with Crippen molar-refractivity contribution < 1.29 is 14.4 Å². The van der Waals surface area contributed by atoms with Gasteiger partial charge >= 0.3 is 0 Å². The number of hydrogen-bond acceptors (Lipinski definition) is 3. The van der Waals surface area contributed by atoms with E-state index in [2.05, 4.69) is 10.6 Å². The molecule has 0 saturated carbocycles. The van der Waals surface area contributed by atoms with Crippen LogP contribution >= 0.6 is 0 Å². The highest BCUT2D eigenvalue weighted by Gasteiger charge is 2.20. The number of nitrogens with two attached hydrogens (primary N) is 1. The summed E-state index contributed by atoms with van der Waals surface area (Å²) in [6, 6.07) is 8.47. The molecule has 6 nitrogen and oxygen atoms in total. The fourth-order valence-corrected chi connectivity index (χ4v) is 2.04. The zero-order valence-electron chi connectivity index (χ0n) is 13.9. The molecule has 6 heteroatoms. The van der Waals surface area contributed by atoms with E-state index >= 15 is 0 Å². The quantitative estimate of drug-likeness (QED) is 0.691. The number of hydrogen-bond donors (Lipinski definition) is 3. The fraction of sp³-hybridized carbons (Fsp3) is 0.471. The lowest BCUT2D eigenvalue weighted by Crippen LogP contribution is -2.49. The molecule has 0 unspecified atom stereocenters. The lowest BCUT2D eigenvalue weighted by Gasteiger charge is -2.18. The zero-order chi connectivity index (χ0) is 17.5. The van der Waals surface area contributed by atoms with Gasteiger partial charge in [0, 0.05) is 12.8 Å². The Balaban J connectivity index is 2.49. The maximum absolute atomic E-state index is 11.9. The summed E-state index contributed by atoms with van der Waals surface area (Å²) in [5, 5.41) is 5.10. The van der Waals surface area contributed by atoms with Gasteiger partial charge in [-0.2, -0.15) is 0 Å². The minimum absolute atomic E-state index is 0.149. The lowest BCUT2D eigenvalue weighted by atomic mass is 9.92. The average Bonchev–Trinajstić information content (AvgIpc) is 2.43. The van der Waals surface area contributed by atoms with Gasteiger partial charge in [0.15, 0.2) is 0 Å². The topological polar surface area (TPSA) is 101 Å². The van der Waals surface area contributed by atoms with E-state index in [0.29, 0.717) is 12.8 Å². The third-order valence-corrected chi connectivity index (χ3v) is 3.10. The molecule has 0 aromatic heterocycles. The third-order valence-electron chi connectivity index (χ3n) is 3.10. The van der Waals surface area contributed by atoms with Crippen LogP contribution in [0.3, 0.4) is 0 Å². The van der Waals surface area contributed by atoms with E-state index in [9.17, 15) is 14.4 Å². The van der Waals surface area contributed by atoms with Crippen molar-refractivity contribution in [3.63, 3.8) is 0 Å². The molecule has 1 rings (SSSR count). The summed E-state index contributed by atoms with van der Waals surface area (Å²) < 4.78 is 0. The molecule has 0 heterocycles. The van der Waals surface area contributed by atoms with Crippen molar-refractivity contribution in [1.29, 1.82) is 0 Å². The molecule has 1 atom stereocenters. The first-order valence-corrected chi connectivity index (χ1v) is 7.57. The van der Waals surface area contributed by atoms with Crippen molar-refractivity contribution in [3.05, 3.63) is 35.9 Å². The predicted octanol–water partition coefficient (Wildman–Crippen LogP) is 0.752. The van der Waals surface area contributed by atoms with Crippen LogP contribution < -0.4 is 16.4 Å². The Morgan fingerprint density at radius 2 is 1.70 bits per heavy atom. The Hall–Kier alpha value is -2.37. The molecule has 1 aromatic carbocycles. The molecular weight excluding hydrogens is 294 g/mol. The molecule has 0 spiro atoms. The van der Waals surface area contributed by atoms with E-state index in [0.717, 1.165) is 5.56 Å². The van der Waals surface area contributed by atoms with E-state index < -0.39 is 17.9 Å². The monoisotopic (exact) mass is 319 g/mol. The van der Waals surface area contributed by atoms with E-state index in [1.807, 2.05) is 51.1 Å². The molecule has 0 aliphatic carbocycles. The van der Waals surface area contributed by atoms with Gasteiger partial charge in [0.25, 0.3) is 0 Å². The number of amides is 3. The Morgan fingerprint density at radius 3 is 2.22 bits per heavy atom. The number of rotatable bonds is 7. The number of nitrogens with one attached hydrogen (secondary N) is 2. The first-order chi connectivity index (χ1) is 10.7. The van der Waals surface area contributed by atoms with Crippen molar-refractivity contribution in [1.82, 2.24) is 10.6 Å². The molecule has 3 amide bonds.